The Morgan fingerprint density at radius 2 is 1.74 bits per heavy atom. The molecule has 0 bridgehead atoms. The van der Waals surface area contributed by atoms with Crippen LogP contribution in [0.5, 0.6) is 0 Å². The third-order valence-corrected chi connectivity index (χ3v) is 9.26. The first-order valence-corrected chi connectivity index (χ1v) is 17.0. The first-order valence-electron chi connectivity index (χ1n) is 17.0. The van der Waals surface area contributed by atoms with E-state index in [0.29, 0.717) is 44.1 Å². The second-order valence-electron chi connectivity index (χ2n) is 13.4. The van der Waals surface area contributed by atoms with E-state index in [1.54, 1.807) is 38.2 Å². The number of aromatic carboxylic acids is 1. The predicted molar refractivity (Wildman–Crippen MR) is 183 cm³/mol. The van der Waals surface area contributed by atoms with Crippen molar-refractivity contribution in [3.8, 4) is 0 Å². The van der Waals surface area contributed by atoms with Crippen molar-refractivity contribution in [2.75, 3.05) is 0 Å². The zero-order valence-electron chi connectivity index (χ0n) is 29.4. The van der Waals surface area contributed by atoms with Gasteiger partial charge in [-0.05, 0) is 57.4 Å². The number of hydrogen-bond donors (Lipinski definition) is 4. The van der Waals surface area contributed by atoms with Gasteiger partial charge < -0.3 is 39.1 Å². The quantitative estimate of drug-likeness (QED) is 0.0797. The highest BCUT2D eigenvalue weighted by Crippen LogP contribution is 2.48. The van der Waals surface area contributed by atoms with Crippen molar-refractivity contribution < 1.29 is 58.2 Å². The fourth-order valence-corrected chi connectivity index (χ4v) is 6.12. The maximum Gasteiger partial charge on any atom is 0.371 e. The molecule has 1 spiro atoms. The molecular formula is C38H50O12. The molecular weight excluding hydrogens is 648 g/mol. The van der Waals surface area contributed by atoms with E-state index in [1.165, 1.54) is 6.08 Å². The minimum atomic E-state index is -1.31. The number of hydrogen-bond acceptors (Lipinski definition) is 9. The maximum absolute atomic E-state index is 13.4. The molecule has 2 aliphatic heterocycles. The summed E-state index contributed by atoms with van der Waals surface area (Å²) in [5, 5.41) is 37.8. The number of carbonyl (C=O) groups is 4. The van der Waals surface area contributed by atoms with Crippen LogP contribution in [0.4, 0.5) is 0 Å². The standard InChI is InChI=1S/C38H50O12/c1-6-7-17-37(50-36(46)28-22-31(35(44)45)47-23-28)19-20-38(49-32(37)14-10-25(3)21-34(42)43)18-16-27(5)30(48-38)13-9-24(2)8-12-29(39)26(4)11-15-33(40)41/h8-12,14-15,21-23,26-27,29-30,32,39H,6-7,13,16-20H2,1-5H3,(H,40,41)(H,42,43)(H,44,45). The van der Waals surface area contributed by atoms with Crippen LogP contribution in [0.25, 0.3) is 0 Å². The Labute approximate surface area is 292 Å². The summed E-state index contributed by atoms with van der Waals surface area (Å²) in [6, 6.07) is 1.12. The van der Waals surface area contributed by atoms with Crippen LogP contribution in [0, 0.1) is 11.8 Å². The number of esters is 1. The lowest BCUT2D eigenvalue weighted by Crippen LogP contribution is -2.59. The summed E-state index contributed by atoms with van der Waals surface area (Å²) in [7, 11) is 0. The summed E-state index contributed by atoms with van der Waals surface area (Å²) >= 11 is 0. The second kappa shape index (κ2) is 18.1. The Balaban J connectivity index is 1.87. The molecule has 0 saturated carbocycles. The predicted octanol–water partition coefficient (Wildman–Crippen LogP) is 6.87. The number of carbonyl (C=O) groups excluding carboxylic acids is 1. The molecule has 3 heterocycles. The van der Waals surface area contributed by atoms with E-state index in [4.69, 9.17) is 23.7 Å². The van der Waals surface area contributed by atoms with Crippen LogP contribution in [0.3, 0.4) is 0 Å². The third kappa shape index (κ3) is 11.4. The van der Waals surface area contributed by atoms with E-state index in [-0.39, 0.29) is 23.5 Å². The van der Waals surface area contributed by atoms with Gasteiger partial charge in [0.1, 0.15) is 18.0 Å². The topological polar surface area (TPSA) is 190 Å². The van der Waals surface area contributed by atoms with Crippen molar-refractivity contribution in [3.63, 3.8) is 0 Å². The summed E-state index contributed by atoms with van der Waals surface area (Å²) in [4.78, 5) is 46.9. The van der Waals surface area contributed by atoms with Crippen molar-refractivity contribution >= 4 is 23.9 Å². The van der Waals surface area contributed by atoms with Crippen LogP contribution >= 0.6 is 0 Å². The molecule has 2 aliphatic rings. The number of rotatable bonds is 16. The van der Waals surface area contributed by atoms with Crippen LogP contribution in [0.15, 0.2) is 76.5 Å². The molecule has 7 atom stereocenters. The minimum absolute atomic E-state index is 0.0408. The average Bonchev–Trinajstić information content (AvgIpc) is 3.57. The van der Waals surface area contributed by atoms with Crippen molar-refractivity contribution in [3.05, 3.63) is 83.4 Å². The molecule has 0 amide bonds. The van der Waals surface area contributed by atoms with E-state index in [0.717, 1.165) is 42.9 Å². The minimum Gasteiger partial charge on any atom is -0.478 e. The monoisotopic (exact) mass is 698 g/mol. The molecule has 1 aromatic rings. The molecule has 12 heteroatoms. The molecule has 2 fully saturated rings. The molecule has 0 radical (unpaired) electrons. The number of carboxylic acid groups (broad SMARTS) is 3. The van der Waals surface area contributed by atoms with Gasteiger partial charge in [-0.25, -0.2) is 19.2 Å². The molecule has 2 saturated heterocycles. The van der Waals surface area contributed by atoms with Gasteiger partial charge in [0.05, 0.1) is 17.8 Å². The number of aliphatic hydroxyl groups excluding tert-OH is 1. The van der Waals surface area contributed by atoms with Gasteiger partial charge in [0.2, 0.25) is 5.76 Å². The normalized spacial score (nSPS) is 27.6. The second-order valence-corrected chi connectivity index (χ2v) is 13.4. The highest BCUT2D eigenvalue weighted by molar-refractivity contribution is 5.93. The number of carboxylic acids is 3. The van der Waals surface area contributed by atoms with Gasteiger partial charge in [0.25, 0.3) is 0 Å². The number of allylic oxidation sites excluding steroid dienone is 4. The Morgan fingerprint density at radius 3 is 2.38 bits per heavy atom. The lowest BCUT2D eigenvalue weighted by molar-refractivity contribution is -0.343. The highest BCUT2D eigenvalue weighted by atomic mass is 16.7. The van der Waals surface area contributed by atoms with E-state index in [2.05, 4.69) is 6.92 Å². The Bertz CT molecular complexity index is 1510. The van der Waals surface area contributed by atoms with Crippen LogP contribution in [-0.2, 0) is 23.8 Å². The number of ether oxygens (including phenoxy) is 3. The van der Waals surface area contributed by atoms with Crippen molar-refractivity contribution in [2.45, 2.75) is 116 Å². The summed E-state index contributed by atoms with van der Waals surface area (Å²) in [6.07, 6.45) is 16.2. The van der Waals surface area contributed by atoms with Gasteiger partial charge in [0, 0.05) is 37.0 Å². The van der Waals surface area contributed by atoms with Crippen LogP contribution in [-0.4, -0.2) is 74.0 Å². The molecule has 50 heavy (non-hydrogen) atoms. The van der Waals surface area contributed by atoms with Gasteiger partial charge in [-0.15, -0.1) is 0 Å². The smallest absolute Gasteiger partial charge is 0.371 e. The average molecular weight is 699 g/mol. The maximum atomic E-state index is 13.4. The Kier molecular flexibility index (Phi) is 14.6. The van der Waals surface area contributed by atoms with Crippen LogP contribution in [0.1, 0.15) is 107 Å². The van der Waals surface area contributed by atoms with E-state index < -0.39 is 53.2 Å². The Hall–Kier alpha value is -4.26. The highest BCUT2D eigenvalue weighted by Gasteiger charge is 2.54. The number of aliphatic hydroxyl groups is 1. The summed E-state index contributed by atoms with van der Waals surface area (Å²) in [6.45, 7) is 9.41. The molecule has 0 aromatic carbocycles. The zero-order valence-corrected chi connectivity index (χ0v) is 29.4. The summed E-state index contributed by atoms with van der Waals surface area (Å²) in [5.41, 5.74) is 0.163. The lowest BCUT2D eigenvalue weighted by atomic mass is 9.78. The fraction of sp³-hybridized carbons (Fsp3) is 0.526. The van der Waals surface area contributed by atoms with Crippen molar-refractivity contribution in [1.29, 1.82) is 0 Å². The molecule has 0 aliphatic carbocycles. The zero-order chi connectivity index (χ0) is 37.1. The molecule has 3 rings (SSSR count). The lowest BCUT2D eigenvalue weighted by Gasteiger charge is -2.53. The van der Waals surface area contributed by atoms with Gasteiger partial charge in [-0.3, -0.25) is 0 Å². The molecule has 4 N–H and O–H groups in total. The first-order chi connectivity index (χ1) is 23.6. The first kappa shape index (κ1) is 40.2. The van der Waals surface area contributed by atoms with E-state index >= 15 is 0 Å². The van der Waals surface area contributed by atoms with Crippen LogP contribution in [0.2, 0.25) is 0 Å². The van der Waals surface area contributed by atoms with Crippen molar-refractivity contribution in [2.24, 2.45) is 11.8 Å². The van der Waals surface area contributed by atoms with E-state index in [9.17, 15) is 34.5 Å². The largest absolute Gasteiger partial charge is 0.478 e. The van der Waals surface area contributed by atoms with Gasteiger partial charge >= 0.3 is 23.9 Å². The molecule has 7 unspecified atom stereocenters. The van der Waals surface area contributed by atoms with Gasteiger partial charge in [-0.1, -0.05) is 69.2 Å². The summed E-state index contributed by atoms with van der Waals surface area (Å²) in [5.74, 6) is -5.81. The van der Waals surface area contributed by atoms with Gasteiger partial charge in [-0.2, -0.15) is 0 Å². The third-order valence-electron chi connectivity index (χ3n) is 9.26. The molecule has 12 nitrogen and oxygen atoms in total. The number of aliphatic carboxylic acids is 2. The van der Waals surface area contributed by atoms with Crippen LogP contribution < -0.4 is 0 Å². The Morgan fingerprint density at radius 1 is 1.00 bits per heavy atom. The molecule has 274 valence electrons. The summed E-state index contributed by atoms with van der Waals surface area (Å²) < 4.78 is 24.8. The van der Waals surface area contributed by atoms with Gasteiger partial charge in [0.15, 0.2) is 5.79 Å². The number of furan rings is 1. The van der Waals surface area contributed by atoms with E-state index in [1.807, 2.05) is 19.9 Å². The number of unbranched alkanes of at least 4 members (excludes halogenated alkanes) is 1. The SMILES string of the molecule is CCCCC1(OC(=O)c2coc(C(=O)O)c2)CCC2(CCC(C)C(CC=C(C)C=CC(O)C(C)C=CC(=O)O)O2)OC1C=CC(C)=CC(=O)O. The molecule has 1 aromatic heterocycles. The fourth-order valence-electron chi connectivity index (χ4n) is 6.12. The van der Waals surface area contributed by atoms with Crippen molar-refractivity contribution in [1.82, 2.24) is 0 Å².